The molecule has 4 saturated carbocycles. The first-order chi connectivity index (χ1) is 31.7. The van der Waals surface area contributed by atoms with Crippen LogP contribution in [0.2, 0.25) is 0 Å². The molecule has 0 bridgehead atoms. The SMILES string of the molecule is CN(C)C1(c2ccccc2)CCC2(CC1)CN(OC(=O)O)C(=O)N2CC1CCC1.COc1ccc(CC(=O)CN2CC3(CCC(c4ccccc4)(N(C)C)CC3)N(CC3CCC3)C2=O)nc1. The van der Waals surface area contributed by atoms with Crippen molar-refractivity contribution >= 4 is 24.0 Å². The van der Waals surface area contributed by atoms with E-state index >= 15 is 0 Å². The van der Waals surface area contributed by atoms with Gasteiger partial charge in [-0.15, -0.1) is 5.06 Å². The Balaban J connectivity index is 0.000000185. The molecule has 14 nitrogen and oxygen atoms in total. The lowest BCUT2D eigenvalue weighted by Crippen LogP contribution is -2.56. The normalized spacial score (nSPS) is 27.9. The number of ether oxygens (including phenoxy) is 1. The summed E-state index contributed by atoms with van der Waals surface area (Å²) in [6.07, 6.45) is 15.0. The average Bonchev–Trinajstić information content (AvgIpc) is 3.67. The van der Waals surface area contributed by atoms with E-state index in [-0.39, 0.29) is 53.0 Å². The fourth-order valence-electron chi connectivity index (χ4n) is 12.0. The molecule has 4 aliphatic carbocycles. The van der Waals surface area contributed by atoms with Crippen LogP contribution in [0.5, 0.6) is 5.75 Å². The lowest BCUT2D eigenvalue weighted by atomic mass is 9.68. The molecule has 2 saturated heterocycles. The fourth-order valence-corrected chi connectivity index (χ4v) is 12.0. The molecule has 3 aromatic rings. The van der Waals surface area contributed by atoms with Gasteiger partial charge in [0.2, 0.25) is 0 Å². The van der Waals surface area contributed by atoms with E-state index < -0.39 is 6.16 Å². The van der Waals surface area contributed by atoms with E-state index in [1.54, 1.807) is 13.3 Å². The van der Waals surface area contributed by atoms with Crippen molar-refractivity contribution in [1.29, 1.82) is 0 Å². The smallest absolute Gasteiger partial charge is 0.495 e. The van der Waals surface area contributed by atoms with Crippen molar-refractivity contribution in [3.63, 3.8) is 0 Å². The van der Waals surface area contributed by atoms with Crippen LogP contribution >= 0.6 is 0 Å². The van der Waals surface area contributed by atoms with Crippen molar-refractivity contribution in [2.45, 2.75) is 118 Å². The Hall–Kier alpha value is -5.21. The van der Waals surface area contributed by atoms with Gasteiger partial charge in [0.1, 0.15) is 5.75 Å². The Morgan fingerprint density at radius 1 is 0.682 bits per heavy atom. The molecular formula is C52H71N7O7. The highest BCUT2D eigenvalue weighted by molar-refractivity contribution is 5.88. The number of Topliss-reactive ketones (excluding diaryl/α,β-unsaturated/α-hetero) is 1. The zero-order valence-corrected chi connectivity index (χ0v) is 39.8. The minimum Gasteiger partial charge on any atom is -0.495 e. The third-order valence-electron chi connectivity index (χ3n) is 16.7. The number of amides is 4. The van der Waals surface area contributed by atoms with Crippen LogP contribution in [0.1, 0.15) is 107 Å². The third kappa shape index (κ3) is 9.37. The predicted molar refractivity (Wildman–Crippen MR) is 252 cm³/mol. The van der Waals surface area contributed by atoms with Gasteiger partial charge in [0.05, 0.1) is 43.9 Å². The van der Waals surface area contributed by atoms with Gasteiger partial charge in [-0.2, -0.15) is 0 Å². The summed E-state index contributed by atoms with van der Waals surface area (Å²) >= 11 is 0. The number of carboxylic acid groups (broad SMARTS) is 1. The quantitative estimate of drug-likeness (QED) is 0.168. The van der Waals surface area contributed by atoms with Gasteiger partial charge >= 0.3 is 18.2 Å². The fraction of sp³-hybridized carbons (Fsp3) is 0.596. The molecule has 66 heavy (non-hydrogen) atoms. The first-order valence-corrected chi connectivity index (χ1v) is 24.2. The first-order valence-electron chi connectivity index (χ1n) is 24.2. The Bertz CT molecular complexity index is 2150. The van der Waals surface area contributed by atoms with Crippen molar-refractivity contribution in [2.75, 3.05) is 68.0 Å². The maximum atomic E-state index is 13.7. The third-order valence-corrected chi connectivity index (χ3v) is 16.7. The van der Waals surface area contributed by atoms with Gasteiger partial charge in [-0.25, -0.2) is 14.4 Å². The number of aromatic nitrogens is 1. The number of hydrogen-bond acceptors (Lipinski definition) is 9. The molecule has 1 aromatic heterocycles. The van der Waals surface area contributed by atoms with E-state index in [4.69, 9.17) is 14.7 Å². The lowest BCUT2D eigenvalue weighted by Gasteiger charge is -2.51. The summed E-state index contributed by atoms with van der Waals surface area (Å²) < 4.78 is 5.17. The van der Waals surface area contributed by atoms with Crippen LogP contribution in [0.4, 0.5) is 14.4 Å². The summed E-state index contributed by atoms with van der Waals surface area (Å²) in [7, 11) is 10.2. The molecule has 3 heterocycles. The van der Waals surface area contributed by atoms with E-state index in [0.717, 1.165) is 75.8 Å². The van der Waals surface area contributed by atoms with Gasteiger partial charge < -0.3 is 29.4 Å². The standard InChI is InChI=1S/C30H40N4O3.C22H31N3O4/c1-32(2)30(24-10-5-4-6-11-24)16-14-29(15-17-30)22-33(28(36)34(29)20-23-8-7-9-23)21-26(35)18-25-12-13-27(37-3)19-31-25;1-23(2)22(18-9-4-3-5-10-18)13-11-21(12-14-22)16-25(29-20(27)28)19(26)24(21)15-17-7-6-8-17/h4-6,10-13,19,23H,7-9,14-18,20-22H2,1-3H3;3-5,9-10,17H,6-8,11-16H2,1-2H3,(H,27,28). The van der Waals surface area contributed by atoms with Gasteiger partial charge in [-0.05, 0) is 140 Å². The molecule has 9 rings (SSSR count). The number of methoxy groups -OCH3 is 1. The monoisotopic (exact) mass is 906 g/mol. The molecule has 0 unspecified atom stereocenters. The van der Waals surface area contributed by atoms with Gasteiger partial charge in [0.25, 0.3) is 0 Å². The van der Waals surface area contributed by atoms with E-state index in [1.807, 2.05) is 28.0 Å². The van der Waals surface area contributed by atoms with E-state index in [1.165, 1.54) is 36.8 Å². The topological polar surface area (TPSA) is 139 Å². The number of pyridine rings is 1. The number of hydrogen-bond donors (Lipinski definition) is 1. The summed E-state index contributed by atoms with van der Waals surface area (Å²) in [6.45, 7) is 2.64. The molecule has 6 fully saturated rings. The molecule has 4 amide bonds. The van der Waals surface area contributed by atoms with Crippen LogP contribution in [0, 0.1) is 11.8 Å². The first kappa shape index (κ1) is 47.3. The second-order valence-corrected chi connectivity index (χ2v) is 20.6. The van der Waals surface area contributed by atoms with Crippen LogP contribution < -0.4 is 4.74 Å². The number of carbonyl (C=O) groups is 4. The molecule has 6 aliphatic rings. The van der Waals surface area contributed by atoms with Crippen LogP contribution in [0.15, 0.2) is 79.0 Å². The zero-order chi connectivity index (χ0) is 46.7. The Kier molecular flexibility index (Phi) is 14.0. The Morgan fingerprint density at radius 3 is 1.58 bits per heavy atom. The lowest BCUT2D eigenvalue weighted by molar-refractivity contribution is -0.119. The molecule has 0 radical (unpaired) electrons. The second-order valence-electron chi connectivity index (χ2n) is 20.6. The molecule has 2 aliphatic heterocycles. The van der Waals surface area contributed by atoms with Gasteiger partial charge in [-0.1, -0.05) is 73.5 Å². The van der Waals surface area contributed by atoms with Crippen molar-refractivity contribution in [3.8, 4) is 5.75 Å². The van der Waals surface area contributed by atoms with Gasteiger partial charge in [0, 0.05) is 36.4 Å². The van der Waals surface area contributed by atoms with Crippen molar-refractivity contribution in [3.05, 3.63) is 95.8 Å². The minimum absolute atomic E-state index is 0.0226. The Labute approximate surface area is 391 Å². The number of ketones is 1. The number of benzene rings is 2. The maximum Gasteiger partial charge on any atom is 0.531 e. The second kappa shape index (κ2) is 19.6. The molecule has 2 aromatic carbocycles. The number of carbonyl (C=O) groups excluding carboxylic acids is 3. The van der Waals surface area contributed by atoms with E-state index in [0.29, 0.717) is 42.9 Å². The largest absolute Gasteiger partial charge is 0.531 e. The number of hydroxylamine groups is 2. The van der Waals surface area contributed by atoms with Crippen LogP contribution in [-0.2, 0) is 27.1 Å². The number of nitrogens with zero attached hydrogens (tertiary/aromatic N) is 7. The minimum atomic E-state index is -1.43. The predicted octanol–water partition coefficient (Wildman–Crippen LogP) is 8.41. The van der Waals surface area contributed by atoms with E-state index in [9.17, 15) is 19.2 Å². The molecular weight excluding hydrogens is 835 g/mol. The van der Waals surface area contributed by atoms with Crippen LogP contribution in [-0.4, -0.2) is 143 Å². The number of rotatable bonds is 14. The summed E-state index contributed by atoms with van der Waals surface area (Å²) in [4.78, 5) is 70.6. The van der Waals surface area contributed by atoms with Gasteiger partial charge in [0.15, 0.2) is 5.78 Å². The highest BCUT2D eigenvalue weighted by atomic mass is 16.8. The average molecular weight is 906 g/mol. The Morgan fingerprint density at radius 2 is 1.17 bits per heavy atom. The van der Waals surface area contributed by atoms with Crippen LogP contribution in [0.3, 0.4) is 0 Å². The van der Waals surface area contributed by atoms with E-state index in [2.05, 4.69) is 102 Å². The zero-order valence-electron chi connectivity index (χ0n) is 39.8. The summed E-state index contributed by atoms with van der Waals surface area (Å²) in [5, 5.41) is 10.1. The number of urea groups is 2. The van der Waals surface area contributed by atoms with Crippen molar-refractivity contribution in [1.82, 2.24) is 34.5 Å². The summed E-state index contributed by atoms with van der Waals surface area (Å²) in [5.41, 5.74) is 2.71. The molecule has 1 N–H and O–H groups in total. The van der Waals surface area contributed by atoms with Crippen molar-refractivity contribution < 1.29 is 33.9 Å². The van der Waals surface area contributed by atoms with Crippen LogP contribution in [0.25, 0.3) is 0 Å². The molecule has 356 valence electrons. The molecule has 0 atom stereocenters. The summed E-state index contributed by atoms with van der Waals surface area (Å²) in [6, 6.07) is 24.7. The molecule has 2 spiro atoms. The maximum absolute atomic E-state index is 13.7. The highest BCUT2D eigenvalue weighted by Gasteiger charge is 2.57. The summed E-state index contributed by atoms with van der Waals surface area (Å²) in [5.74, 6) is 1.81. The highest BCUT2D eigenvalue weighted by Crippen LogP contribution is 2.51. The van der Waals surface area contributed by atoms with Crippen molar-refractivity contribution in [2.24, 2.45) is 11.8 Å². The molecule has 14 heteroatoms. The van der Waals surface area contributed by atoms with Gasteiger partial charge in [-0.3, -0.25) is 19.6 Å².